The maximum atomic E-state index is 12.1. The number of hydrogen-bond donors (Lipinski definition) is 0. The van der Waals surface area contributed by atoms with Crippen LogP contribution in [0, 0.1) is 0 Å². The summed E-state index contributed by atoms with van der Waals surface area (Å²) < 4.78 is 11.4. The van der Waals surface area contributed by atoms with Crippen molar-refractivity contribution in [2.24, 2.45) is 4.99 Å². The highest BCUT2D eigenvalue weighted by Crippen LogP contribution is 2.38. The lowest BCUT2D eigenvalue weighted by Crippen LogP contribution is -2.05. The standard InChI is InChI=1S/C17H18ClNO4S2/c1-4-6-24-17-19-13(16(21)25-17)8-11-7-12(18)15(23-10(3)20)14(9-11)22-5-2/h7-9H,4-6H2,1-3H3. The van der Waals surface area contributed by atoms with Gasteiger partial charge < -0.3 is 9.47 Å². The number of nitrogens with zero attached hydrogens (tertiary/aromatic N) is 1. The fourth-order valence-electron chi connectivity index (χ4n) is 1.98. The zero-order valence-electron chi connectivity index (χ0n) is 14.1. The molecule has 0 atom stereocenters. The molecule has 8 heteroatoms. The van der Waals surface area contributed by atoms with E-state index in [0.717, 1.165) is 28.3 Å². The van der Waals surface area contributed by atoms with Crippen LogP contribution in [-0.2, 0) is 9.59 Å². The minimum Gasteiger partial charge on any atom is -0.490 e. The zero-order valence-corrected chi connectivity index (χ0v) is 16.5. The van der Waals surface area contributed by atoms with Crippen LogP contribution in [0.4, 0.5) is 0 Å². The van der Waals surface area contributed by atoms with Gasteiger partial charge >= 0.3 is 5.97 Å². The molecule has 134 valence electrons. The Bertz CT molecular complexity index is 746. The van der Waals surface area contributed by atoms with Crippen LogP contribution < -0.4 is 9.47 Å². The SMILES string of the molecule is CCCSC1=NC(=Cc2cc(Cl)c(OC(C)=O)c(OCC)c2)C(=O)S1. The number of benzene rings is 1. The Balaban J connectivity index is 2.34. The number of esters is 1. The second kappa shape index (κ2) is 9.31. The van der Waals surface area contributed by atoms with Crippen molar-refractivity contribution >= 4 is 56.7 Å². The first-order chi connectivity index (χ1) is 11.9. The van der Waals surface area contributed by atoms with Gasteiger partial charge in [0.15, 0.2) is 11.5 Å². The maximum absolute atomic E-state index is 12.1. The van der Waals surface area contributed by atoms with E-state index >= 15 is 0 Å². The summed E-state index contributed by atoms with van der Waals surface area (Å²) in [6, 6.07) is 3.28. The Kier molecular flexibility index (Phi) is 7.40. The molecule has 1 aromatic rings. The molecule has 5 nitrogen and oxygen atoms in total. The minimum absolute atomic E-state index is 0.100. The van der Waals surface area contributed by atoms with E-state index in [-0.39, 0.29) is 15.9 Å². The fourth-order valence-corrected chi connectivity index (χ4v) is 4.00. The molecule has 1 aliphatic rings. The van der Waals surface area contributed by atoms with Gasteiger partial charge in [-0.15, -0.1) is 0 Å². The van der Waals surface area contributed by atoms with Crippen LogP contribution in [-0.4, -0.2) is 27.8 Å². The van der Waals surface area contributed by atoms with Crippen molar-refractivity contribution in [3.8, 4) is 11.5 Å². The summed E-state index contributed by atoms with van der Waals surface area (Å²) >= 11 is 8.92. The molecular weight excluding hydrogens is 382 g/mol. The maximum Gasteiger partial charge on any atom is 0.308 e. The van der Waals surface area contributed by atoms with Gasteiger partial charge in [-0.1, -0.05) is 30.3 Å². The number of carbonyl (C=O) groups is 2. The van der Waals surface area contributed by atoms with Crippen molar-refractivity contribution in [1.82, 2.24) is 0 Å². The number of hydrogen-bond acceptors (Lipinski definition) is 7. The molecule has 2 rings (SSSR count). The Morgan fingerprint density at radius 1 is 1.40 bits per heavy atom. The van der Waals surface area contributed by atoms with Gasteiger partial charge in [0.1, 0.15) is 10.1 Å². The molecule has 0 aromatic heterocycles. The molecule has 0 N–H and O–H groups in total. The molecule has 0 amide bonds. The van der Waals surface area contributed by atoms with Crippen molar-refractivity contribution in [2.45, 2.75) is 27.2 Å². The molecule has 0 saturated heterocycles. The first-order valence-corrected chi connectivity index (χ1v) is 9.92. The predicted molar refractivity (Wildman–Crippen MR) is 105 cm³/mol. The van der Waals surface area contributed by atoms with E-state index < -0.39 is 5.97 Å². The lowest BCUT2D eigenvalue weighted by atomic mass is 10.1. The molecule has 0 unspecified atom stereocenters. The first kappa shape index (κ1) is 19.9. The van der Waals surface area contributed by atoms with E-state index in [2.05, 4.69) is 11.9 Å². The van der Waals surface area contributed by atoms with Crippen molar-refractivity contribution in [3.63, 3.8) is 0 Å². The van der Waals surface area contributed by atoms with Crippen LogP contribution >= 0.6 is 35.1 Å². The Morgan fingerprint density at radius 2 is 2.16 bits per heavy atom. The highest BCUT2D eigenvalue weighted by atomic mass is 35.5. The lowest BCUT2D eigenvalue weighted by Gasteiger charge is -2.12. The lowest BCUT2D eigenvalue weighted by molar-refractivity contribution is -0.132. The van der Waals surface area contributed by atoms with Gasteiger partial charge in [0.05, 0.1) is 11.6 Å². The van der Waals surface area contributed by atoms with Crippen molar-refractivity contribution in [3.05, 3.63) is 28.4 Å². The van der Waals surface area contributed by atoms with E-state index in [1.54, 1.807) is 30.0 Å². The molecule has 1 aliphatic heterocycles. The topological polar surface area (TPSA) is 65.0 Å². The second-order valence-corrected chi connectivity index (χ2v) is 7.71. The van der Waals surface area contributed by atoms with Crippen molar-refractivity contribution in [1.29, 1.82) is 0 Å². The Hall–Kier alpha value is -1.44. The predicted octanol–water partition coefficient (Wildman–Crippen LogP) is 4.78. The van der Waals surface area contributed by atoms with Gasteiger partial charge in [0.2, 0.25) is 5.12 Å². The summed E-state index contributed by atoms with van der Waals surface area (Å²) in [4.78, 5) is 27.7. The third-order valence-corrected chi connectivity index (χ3v) is 5.41. The van der Waals surface area contributed by atoms with E-state index in [9.17, 15) is 9.59 Å². The van der Waals surface area contributed by atoms with Gasteiger partial charge in [0, 0.05) is 6.92 Å². The van der Waals surface area contributed by atoms with E-state index in [0.29, 0.717) is 23.6 Å². The molecule has 0 aliphatic carbocycles. The quantitative estimate of drug-likeness (QED) is 0.389. The van der Waals surface area contributed by atoms with E-state index in [1.807, 2.05) is 6.92 Å². The Morgan fingerprint density at radius 3 is 2.80 bits per heavy atom. The second-order valence-electron chi connectivity index (χ2n) is 5.00. The monoisotopic (exact) mass is 399 g/mol. The van der Waals surface area contributed by atoms with Gasteiger partial charge in [-0.2, -0.15) is 0 Å². The number of aliphatic imine (C=N–C) groups is 1. The summed E-state index contributed by atoms with van der Waals surface area (Å²) in [5, 5.41) is 0.132. The third-order valence-electron chi connectivity index (χ3n) is 2.91. The van der Waals surface area contributed by atoms with Crippen LogP contribution in [0.3, 0.4) is 0 Å². The van der Waals surface area contributed by atoms with Gasteiger partial charge in [-0.05, 0) is 54.6 Å². The summed E-state index contributed by atoms with van der Waals surface area (Å²) in [5.41, 5.74) is 1.01. The molecule has 0 fully saturated rings. The summed E-state index contributed by atoms with van der Waals surface area (Å²) in [6.45, 7) is 5.57. The smallest absolute Gasteiger partial charge is 0.308 e. The average molecular weight is 400 g/mol. The summed E-state index contributed by atoms with van der Waals surface area (Å²) in [7, 11) is 0. The highest BCUT2D eigenvalue weighted by Gasteiger charge is 2.23. The molecule has 0 radical (unpaired) electrons. The third kappa shape index (κ3) is 5.52. The molecule has 25 heavy (non-hydrogen) atoms. The molecule has 1 aromatic carbocycles. The zero-order chi connectivity index (χ0) is 18.4. The number of rotatable bonds is 6. The number of thioether (sulfide) groups is 2. The molecule has 1 heterocycles. The van der Waals surface area contributed by atoms with E-state index in [1.165, 1.54) is 6.92 Å². The summed E-state index contributed by atoms with van der Waals surface area (Å²) in [5.74, 6) is 0.954. The normalized spacial score (nSPS) is 15.4. The fraction of sp³-hybridized carbons (Fsp3) is 0.353. The summed E-state index contributed by atoms with van der Waals surface area (Å²) in [6.07, 6.45) is 2.67. The number of ether oxygens (including phenoxy) is 2. The molecule has 0 bridgehead atoms. The first-order valence-electron chi connectivity index (χ1n) is 7.74. The molecule has 0 spiro atoms. The van der Waals surface area contributed by atoms with Gasteiger partial charge in [-0.25, -0.2) is 4.99 Å². The van der Waals surface area contributed by atoms with Crippen molar-refractivity contribution < 1.29 is 19.1 Å². The Labute approximate surface area is 160 Å². The van der Waals surface area contributed by atoms with Crippen LogP contribution in [0.2, 0.25) is 5.02 Å². The average Bonchev–Trinajstić information content (AvgIpc) is 2.88. The van der Waals surface area contributed by atoms with Crippen LogP contribution in [0.1, 0.15) is 32.8 Å². The van der Waals surface area contributed by atoms with E-state index in [4.69, 9.17) is 21.1 Å². The highest BCUT2D eigenvalue weighted by molar-refractivity contribution is 8.45. The van der Waals surface area contributed by atoms with Gasteiger partial charge in [-0.3, -0.25) is 9.59 Å². The minimum atomic E-state index is -0.487. The van der Waals surface area contributed by atoms with Crippen molar-refractivity contribution in [2.75, 3.05) is 12.4 Å². The molecule has 0 saturated carbocycles. The number of carbonyl (C=O) groups excluding carboxylic acids is 2. The largest absolute Gasteiger partial charge is 0.490 e. The van der Waals surface area contributed by atoms with Crippen LogP contribution in [0.25, 0.3) is 6.08 Å². The van der Waals surface area contributed by atoms with Gasteiger partial charge in [0.25, 0.3) is 0 Å². The number of halogens is 1. The molecular formula is C17H18ClNO4S2. The van der Waals surface area contributed by atoms with Crippen LogP contribution in [0.15, 0.2) is 22.8 Å². The van der Waals surface area contributed by atoms with Crippen LogP contribution in [0.5, 0.6) is 11.5 Å².